The van der Waals surface area contributed by atoms with Crippen LogP contribution < -0.4 is 5.32 Å². The lowest BCUT2D eigenvalue weighted by molar-refractivity contribution is -0.192. The Hall–Kier alpha value is -2.03. The summed E-state index contributed by atoms with van der Waals surface area (Å²) in [6.45, 7) is 2.83. The van der Waals surface area contributed by atoms with Gasteiger partial charge in [0.05, 0.1) is 12.8 Å². The number of halogens is 3. The van der Waals surface area contributed by atoms with Crippen molar-refractivity contribution in [3.63, 3.8) is 0 Å². The maximum atomic E-state index is 12.2. The van der Waals surface area contributed by atoms with Gasteiger partial charge in [0.25, 0.3) is 0 Å². The molecule has 2 aliphatic rings. The molecule has 2 fully saturated rings. The minimum atomic E-state index is -5.08. The second-order valence-corrected chi connectivity index (χ2v) is 7.20. The number of nitrogens with zero attached hydrogens (tertiary/aromatic N) is 1. The van der Waals surface area contributed by atoms with Crippen molar-refractivity contribution in [2.45, 2.75) is 38.4 Å². The highest BCUT2D eigenvalue weighted by molar-refractivity contribution is 5.76. The van der Waals surface area contributed by atoms with Gasteiger partial charge in [-0.3, -0.25) is 4.79 Å². The fourth-order valence-corrected chi connectivity index (χ4v) is 4.00. The lowest BCUT2D eigenvalue weighted by Gasteiger charge is -2.46. The van der Waals surface area contributed by atoms with Crippen LogP contribution in [-0.2, 0) is 16.1 Å². The fraction of sp³-hybridized carbons (Fsp3) is 0.667. The number of carbonyl (C=O) groups excluding carboxylic acids is 1. The van der Waals surface area contributed by atoms with Crippen LogP contribution >= 0.6 is 0 Å². The first-order chi connectivity index (χ1) is 12.7. The number of amides is 1. The van der Waals surface area contributed by atoms with Crippen LogP contribution in [0.25, 0.3) is 0 Å². The molecule has 1 amide bonds. The van der Waals surface area contributed by atoms with Crippen molar-refractivity contribution < 1.29 is 32.3 Å². The number of carboxylic acids is 1. The Morgan fingerprint density at radius 1 is 1.30 bits per heavy atom. The molecule has 2 N–H and O–H groups in total. The Morgan fingerprint density at radius 2 is 1.89 bits per heavy atom. The van der Waals surface area contributed by atoms with Crippen LogP contribution in [0, 0.1) is 17.8 Å². The van der Waals surface area contributed by atoms with Crippen molar-refractivity contribution in [1.82, 2.24) is 10.2 Å². The smallest absolute Gasteiger partial charge is 0.475 e. The first kappa shape index (κ1) is 21.3. The van der Waals surface area contributed by atoms with E-state index in [4.69, 9.17) is 14.3 Å². The second kappa shape index (κ2) is 9.25. The molecular formula is C18H25F3N2O4. The highest BCUT2D eigenvalue weighted by atomic mass is 19.4. The van der Waals surface area contributed by atoms with Gasteiger partial charge < -0.3 is 19.7 Å². The van der Waals surface area contributed by atoms with Crippen molar-refractivity contribution in [1.29, 1.82) is 0 Å². The second-order valence-electron chi connectivity index (χ2n) is 7.20. The number of alkyl halides is 3. The average molecular weight is 390 g/mol. The van der Waals surface area contributed by atoms with Gasteiger partial charge >= 0.3 is 12.1 Å². The molecule has 152 valence electrons. The molecule has 3 rings (SSSR count). The van der Waals surface area contributed by atoms with Gasteiger partial charge in [0.15, 0.2) is 0 Å². The number of carboxylic acid groups (broad SMARTS) is 1. The fourth-order valence-electron chi connectivity index (χ4n) is 4.00. The maximum Gasteiger partial charge on any atom is 0.490 e. The van der Waals surface area contributed by atoms with Crippen molar-refractivity contribution in [3.8, 4) is 0 Å². The minimum absolute atomic E-state index is 0.174. The summed E-state index contributed by atoms with van der Waals surface area (Å²) in [5.74, 6) is 0.238. The molecule has 1 aromatic heterocycles. The Kier molecular flexibility index (Phi) is 7.29. The van der Waals surface area contributed by atoms with Crippen LogP contribution in [-0.4, -0.2) is 48.2 Å². The van der Waals surface area contributed by atoms with Crippen LogP contribution in [0.2, 0.25) is 0 Å². The quantitative estimate of drug-likeness (QED) is 0.826. The number of carbonyl (C=O) groups is 2. The molecule has 1 aliphatic heterocycles. The molecule has 1 saturated heterocycles. The molecule has 0 radical (unpaired) electrons. The van der Waals surface area contributed by atoms with Gasteiger partial charge in [-0.05, 0) is 49.8 Å². The van der Waals surface area contributed by atoms with Crippen LogP contribution in [0.1, 0.15) is 31.4 Å². The molecule has 1 aromatic rings. The molecule has 27 heavy (non-hydrogen) atoms. The Balaban J connectivity index is 0.000000321. The van der Waals surface area contributed by atoms with Crippen molar-refractivity contribution in [3.05, 3.63) is 24.2 Å². The largest absolute Gasteiger partial charge is 0.490 e. The number of hydrogen-bond acceptors (Lipinski definition) is 4. The van der Waals surface area contributed by atoms with Crippen molar-refractivity contribution in [2.24, 2.45) is 17.8 Å². The summed E-state index contributed by atoms with van der Waals surface area (Å²) in [5, 5.41) is 10.1. The third kappa shape index (κ3) is 6.57. The van der Waals surface area contributed by atoms with Crippen LogP contribution in [0.5, 0.6) is 0 Å². The highest BCUT2D eigenvalue weighted by Gasteiger charge is 2.39. The molecule has 2 bridgehead atoms. The zero-order valence-electron chi connectivity index (χ0n) is 15.2. The van der Waals surface area contributed by atoms with E-state index in [1.54, 1.807) is 6.26 Å². The number of hydrogen-bond donors (Lipinski definition) is 2. The van der Waals surface area contributed by atoms with Gasteiger partial charge in [-0.1, -0.05) is 6.42 Å². The van der Waals surface area contributed by atoms with Crippen LogP contribution in [0.3, 0.4) is 0 Å². The van der Waals surface area contributed by atoms with Gasteiger partial charge in [0.1, 0.15) is 5.76 Å². The van der Waals surface area contributed by atoms with Gasteiger partial charge in [-0.2, -0.15) is 13.2 Å². The van der Waals surface area contributed by atoms with E-state index in [0.29, 0.717) is 30.7 Å². The van der Waals surface area contributed by atoms with E-state index in [9.17, 15) is 18.0 Å². The number of piperidine rings is 1. The normalized spacial score (nSPS) is 25.3. The van der Waals surface area contributed by atoms with E-state index in [-0.39, 0.29) is 5.91 Å². The maximum absolute atomic E-state index is 12.2. The predicted octanol–water partition coefficient (Wildman–Crippen LogP) is 2.90. The van der Waals surface area contributed by atoms with Crippen LogP contribution in [0.15, 0.2) is 22.8 Å². The third-order valence-electron chi connectivity index (χ3n) is 5.16. The molecule has 9 heteroatoms. The summed E-state index contributed by atoms with van der Waals surface area (Å²) in [6.07, 6.45) is 1.16. The lowest BCUT2D eigenvalue weighted by atomic mass is 9.67. The van der Waals surface area contributed by atoms with Crippen molar-refractivity contribution in [2.75, 3.05) is 20.1 Å². The Morgan fingerprint density at radius 3 is 2.37 bits per heavy atom. The summed E-state index contributed by atoms with van der Waals surface area (Å²) < 4.78 is 37.0. The Bertz CT molecular complexity index is 605. The van der Waals surface area contributed by atoms with E-state index < -0.39 is 12.1 Å². The molecule has 2 unspecified atom stereocenters. The first-order valence-corrected chi connectivity index (χ1v) is 8.94. The number of furan rings is 1. The number of likely N-dealkylation sites (tertiary alicyclic amines) is 1. The monoisotopic (exact) mass is 390 g/mol. The van der Waals surface area contributed by atoms with Crippen molar-refractivity contribution >= 4 is 11.9 Å². The summed E-state index contributed by atoms with van der Waals surface area (Å²) in [7, 11) is 2.21. The highest BCUT2D eigenvalue weighted by Crippen LogP contribution is 2.41. The van der Waals surface area contributed by atoms with Gasteiger partial charge in [0, 0.05) is 19.5 Å². The van der Waals surface area contributed by atoms with Gasteiger partial charge in [-0.15, -0.1) is 0 Å². The van der Waals surface area contributed by atoms with E-state index in [2.05, 4.69) is 17.3 Å². The van der Waals surface area contributed by atoms with E-state index in [1.807, 2.05) is 12.1 Å². The molecule has 0 spiro atoms. The molecular weight excluding hydrogens is 365 g/mol. The minimum Gasteiger partial charge on any atom is -0.475 e. The predicted molar refractivity (Wildman–Crippen MR) is 90.7 cm³/mol. The van der Waals surface area contributed by atoms with Gasteiger partial charge in [-0.25, -0.2) is 4.79 Å². The molecule has 1 aliphatic carbocycles. The van der Waals surface area contributed by atoms with E-state index >= 15 is 0 Å². The average Bonchev–Trinajstić information content (AvgIpc) is 3.07. The summed E-state index contributed by atoms with van der Waals surface area (Å²) in [5.41, 5.74) is 0. The molecule has 1 saturated carbocycles. The molecule has 2 atom stereocenters. The zero-order valence-corrected chi connectivity index (χ0v) is 15.2. The molecule has 6 nitrogen and oxygen atoms in total. The Labute approximate surface area is 155 Å². The number of rotatable bonds is 4. The zero-order chi connectivity index (χ0) is 20.0. The first-order valence-electron chi connectivity index (χ1n) is 8.94. The summed E-state index contributed by atoms with van der Waals surface area (Å²) >= 11 is 0. The topological polar surface area (TPSA) is 82.8 Å². The summed E-state index contributed by atoms with van der Waals surface area (Å²) in [6, 6.07) is 3.74. The van der Waals surface area contributed by atoms with Crippen LogP contribution in [0.4, 0.5) is 13.2 Å². The standard InChI is InChI=1S/C16H24N2O2.C2HF3O2/c1-18-10-12-4-2-5-13(11-18)15(12)8-16(19)17-9-14-6-3-7-20-14;3-2(4,5)1(6)7/h3,6-7,12-13,15H,2,4-5,8-11H2,1H3,(H,17,19);(H,6,7). The van der Waals surface area contributed by atoms with Gasteiger partial charge in [0.2, 0.25) is 5.91 Å². The molecule has 2 heterocycles. The van der Waals surface area contributed by atoms with E-state index in [1.165, 1.54) is 19.3 Å². The van der Waals surface area contributed by atoms with E-state index in [0.717, 1.165) is 18.8 Å². The number of aliphatic carboxylic acids is 1. The third-order valence-corrected chi connectivity index (χ3v) is 5.16. The lowest BCUT2D eigenvalue weighted by Crippen LogP contribution is -2.48. The number of fused-ring (bicyclic) bond motifs is 2. The SMILES string of the molecule is CN1CC2CCCC(C1)C2CC(=O)NCc1ccco1.O=C(O)C(F)(F)F. The number of nitrogens with one attached hydrogen (secondary N) is 1. The summed E-state index contributed by atoms with van der Waals surface area (Å²) in [4.78, 5) is 23.5. The molecule has 0 aromatic carbocycles.